The van der Waals surface area contributed by atoms with Gasteiger partial charge in [-0.25, -0.2) is 8.42 Å². The highest BCUT2D eigenvalue weighted by molar-refractivity contribution is 7.90. The summed E-state index contributed by atoms with van der Waals surface area (Å²) in [6, 6.07) is 4.35. The third-order valence-corrected chi connectivity index (χ3v) is 4.73. The van der Waals surface area contributed by atoms with Gasteiger partial charge in [-0.05, 0) is 31.0 Å². The van der Waals surface area contributed by atoms with Crippen LogP contribution < -0.4 is 4.74 Å². The molecule has 22 heavy (non-hydrogen) atoms. The molecule has 6 nitrogen and oxygen atoms in total. The van der Waals surface area contributed by atoms with Gasteiger partial charge in [0.25, 0.3) is 0 Å². The molecular weight excluding hydrogens is 306 g/mol. The van der Waals surface area contributed by atoms with Crippen molar-refractivity contribution in [1.82, 2.24) is 5.16 Å². The van der Waals surface area contributed by atoms with Crippen LogP contribution in [-0.4, -0.2) is 32.7 Å². The Kier molecular flexibility index (Phi) is 3.52. The smallest absolute Gasteiger partial charge is 0.198 e. The van der Waals surface area contributed by atoms with E-state index < -0.39 is 9.84 Å². The second-order valence-corrected chi connectivity index (χ2v) is 7.33. The number of aromatic nitrogens is 1. The fraction of sp³-hybridized carbons (Fsp3) is 0.333. The maximum absolute atomic E-state index is 12.6. The van der Waals surface area contributed by atoms with E-state index in [9.17, 15) is 13.2 Å². The number of nitrogens with zero attached hydrogens (tertiary/aromatic N) is 1. The van der Waals surface area contributed by atoms with Crippen LogP contribution in [0, 0.1) is 0 Å². The van der Waals surface area contributed by atoms with E-state index in [1.165, 1.54) is 25.4 Å². The Morgan fingerprint density at radius 2 is 2.09 bits per heavy atom. The number of methoxy groups -OCH3 is 1. The second-order valence-electron chi connectivity index (χ2n) is 5.34. The lowest BCUT2D eigenvalue weighted by Gasteiger charge is -2.08. The molecule has 1 aliphatic carbocycles. The highest BCUT2D eigenvalue weighted by Gasteiger charge is 2.33. The van der Waals surface area contributed by atoms with Crippen molar-refractivity contribution >= 4 is 15.6 Å². The molecule has 0 saturated heterocycles. The van der Waals surface area contributed by atoms with Crippen molar-refractivity contribution in [3.8, 4) is 5.75 Å². The van der Waals surface area contributed by atoms with Crippen LogP contribution in [0.1, 0.15) is 40.4 Å². The van der Waals surface area contributed by atoms with Crippen LogP contribution in [0.3, 0.4) is 0 Å². The van der Waals surface area contributed by atoms with Crippen LogP contribution in [0.5, 0.6) is 5.75 Å². The summed E-state index contributed by atoms with van der Waals surface area (Å²) in [4.78, 5) is 12.6. The van der Waals surface area contributed by atoms with Crippen molar-refractivity contribution in [2.45, 2.75) is 23.7 Å². The minimum Gasteiger partial charge on any atom is -0.495 e. The minimum atomic E-state index is -3.50. The lowest BCUT2D eigenvalue weighted by atomic mass is 10.0. The molecule has 1 saturated carbocycles. The first-order valence-corrected chi connectivity index (χ1v) is 8.68. The van der Waals surface area contributed by atoms with Crippen LogP contribution in [0.25, 0.3) is 0 Å². The number of benzene rings is 1. The normalized spacial score (nSPS) is 14.8. The summed E-state index contributed by atoms with van der Waals surface area (Å²) in [6.07, 6.45) is 4.42. The Hall–Kier alpha value is -2.15. The Morgan fingerprint density at radius 1 is 1.36 bits per heavy atom. The van der Waals surface area contributed by atoms with Gasteiger partial charge in [0.2, 0.25) is 0 Å². The van der Waals surface area contributed by atoms with Crippen molar-refractivity contribution in [3.05, 3.63) is 41.3 Å². The zero-order valence-corrected chi connectivity index (χ0v) is 13.0. The summed E-state index contributed by atoms with van der Waals surface area (Å²) in [6.45, 7) is 0. The lowest BCUT2D eigenvalue weighted by Crippen LogP contribution is -2.07. The number of sulfone groups is 1. The van der Waals surface area contributed by atoms with Gasteiger partial charge in [-0.3, -0.25) is 4.79 Å². The number of carbonyl (C=O) groups excluding carboxylic acids is 1. The first-order chi connectivity index (χ1) is 10.4. The van der Waals surface area contributed by atoms with E-state index in [4.69, 9.17) is 9.26 Å². The quantitative estimate of drug-likeness (QED) is 0.785. The molecule has 0 radical (unpaired) electrons. The van der Waals surface area contributed by atoms with Gasteiger partial charge in [-0.2, -0.15) is 0 Å². The van der Waals surface area contributed by atoms with Gasteiger partial charge in [0, 0.05) is 17.7 Å². The molecule has 7 heteroatoms. The number of rotatable bonds is 5. The molecule has 3 rings (SSSR count). The Balaban J connectivity index is 2.04. The zero-order valence-electron chi connectivity index (χ0n) is 12.2. The first kappa shape index (κ1) is 14.8. The molecular formula is C15H15NO5S. The largest absolute Gasteiger partial charge is 0.495 e. The molecule has 0 atom stereocenters. The third-order valence-electron chi connectivity index (χ3n) is 3.62. The molecule has 0 spiro atoms. The van der Waals surface area contributed by atoms with Gasteiger partial charge in [-0.1, -0.05) is 5.16 Å². The Bertz CT molecular complexity index is 833. The van der Waals surface area contributed by atoms with Crippen LogP contribution >= 0.6 is 0 Å². The summed E-state index contributed by atoms with van der Waals surface area (Å²) in [7, 11) is -2.12. The number of ketones is 1. The predicted octanol–water partition coefficient (Wildman–Crippen LogP) is 2.20. The molecule has 1 aromatic heterocycles. The molecule has 1 fully saturated rings. The molecule has 1 aliphatic rings. The van der Waals surface area contributed by atoms with E-state index in [2.05, 4.69) is 5.16 Å². The van der Waals surface area contributed by atoms with Gasteiger partial charge in [0.15, 0.2) is 21.4 Å². The first-order valence-electron chi connectivity index (χ1n) is 6.79. The van der Waals surface area contributed by atoms with Crippen molar-refractivity contribution < 1.29 is 22.5 Å². The van der Waals surface area contributed by atoms with E-state index in [-0.39, 0.29) is 27.9 Å². The fourth-order valence-corrected chi connectivity index (χ4v) is 3.18. The van der Waals surface area contributed by atoms with E-state index in [1.54, 1.807) is 6.07 Å². The highest BCUT2D eigenvalue weighted by atomic mass is 32.2. The molecule has 0 aliphatic heterocycles. The van der Waals surface area contributed by atoms with Crippen molar-refractivity contribution in [1.29, 1.82) is 0 Å². The van der Waals surface area contributed by atoms with Crippen molar-refractivity contribution in [3.63, 3.8) is 0 Å². The standard InChI is InChI=1S/C15H15NO5S/c1-20-12-6-5-10(7-13(12)22(2,18)19)14(17)11-8-16-21-15(11)9-3-4-9/h5-9H,3-4H2,1-2H3. The number of ether oxygens (including phenoxy) is 1. The maximum atomic E-state index is 12.6. The van der Waals surface area contributed by atoms with Crippen LogP contribution in [0.2, 0.25) is 0 Å². The molecule has 2 aromatic rings. The van der Waals surface area contributed by atoms with Gasteiger partial charge in [0.05, 0.1) is 18.9 Å². The number of hydrogen-bond donors (Lipinski definition) is 0. The van der Waals surface area contributed by atoms with Gasteiger partial charge in [-0.15, -0.1) is 0 Å². The van der Waals surface area contributed by atoms with E-state index in [0.29, 0.717) is 11.3 Å². The van der Waals surface area contributed by atoms with Gasteiger partial charge >= 0.3 is 0 Å². The molecule has 0 unspecified atom stereocenters. The van der Waals surface area contributed by atoms with Crippen molar-refractivity contribution in [2.24, 2.45) is 0 Å². The SMILES string of the molecule is COc1ccc(C(=O)c2cnoc2C2CC2)cc1S(C)(=O)=O. The average molecular weight is 321 g/mol. The Labute approximate surface area is 128 Å². The summed E-state index contributed by atoms with van der Waals surface area (Å²) in [5, 5.41) is 3.70. The zero-order chi connectivity index (χ0) is 15.9. The van der Waals surface area contributed by atoms with Crippen LogP contribution in [-0.2, 0) is 9.84 Å². The lowest BCUT2D eigenvalue weighted by molar-refractivity contribution is 0.103. The summed E-state index contributed by atoms with van der Waals surface area (Å²) in [5.41, 5.74) is 0.665. The predicted molar refractivity (Wildman–Crippen MR) is 78.0 cm³/mol. The Morgan fingerprint density at radius 3 is 2.68 bits per heavy atom. The van der Waals surface area contributed by atoms with Gasteiger partial charge in [0.1, 0.15) is 10.6 Å². The highest BCUT2D eigenvalue weighted by Crippen LogP contribution is 2.42. The van der Waals surface area contributed by atoms with E-state index in [1.807, 2.05) is 0 Å². The topological polar surface area (TPSA) is 86.5 Å². The van der Waals surface area contributed by atoms with E-state index in [0.717, 1.165) is 19.1 Å². The number of carbonyl (C=O) groups is 1. The van der Waals surface area contributed by atoms with Gasteiger partial charge < -0.3 is 9.26 Å². The summed E-state index contributed by atoms with van der Waals surface area (Å²) < 4.78 is 33.9. The molecule has 0 N–H and O–H groups in total. The molecule has 1 aromatic carbocycles. The molecule has 116 valence electrons. The minimum absolute atomic E-state index is 0.00900. The molecule has 0 bridgehead atoms. The molecule has 0 amide bonds. The summed E-state index contributed by atoms with van der Waals surface area (Å²) >= 11 is 0. The summed E-state index contributed by atoms with van der Waals surface area (Å²) in [5.74, 6) is 0.748. The third kappa shape index (κ3) is 2.64. The monoisotopic (exact) mass is 321 g/mol. The van der Waals surface area contributed by atoms with Crippen LogP contribution in [0.4, 0.5) is 0 Å². The second kappa shape index (κ2) is 5.24. The number of hydrogen-bond acceptors (Lipinski definition) is 6. The van der Waals surface area contributed by atoms with Crippen LogP contribution in [0.15, 0.2) is 33.8 Å². The average Bonchev–Trinajstić information content (AvgIpc) is 3.22. The van der Waals surface area contributed by atoms with E-state index >= 15 is 0 Å². The van der Waals surface area contributed by atoms with Crippen molar-refractivity contribution in [2.75, 3.05) is 13.4 Å². The fourth-order valence-electron chi connectivity index (χ4n) is 2.32. The molecule has 1 heterocycles. The maximum Gasteiger partial charge on any atom is 0.198 e.